The maximum Gasteiger partial charge on any atom is 0.337 e. The first-order chi connectivity index (χ1) is 9.02. The monoisotopic (exact) mass is 263 g/mol. The van der Waals surface area contributed by atoms with Gasteiger partial charge in [0, 0.05) is 19.8 Å². The Kier molecular flexibility index (Phi) is 3.48. The molecule has 0 aliphatic heterocycles. The lowest BCUT2D eigenvalue weighted by Crippen LogP contribution is -2.17. The van der Waals surface area contributed by atoms with Crippen LogP contribution in [0.4, 0.5) is 5.69 Å². The largest absolute Gasteiger partial charge is 0.478 e. The van der Waals surface area contributed by atoms with Crippen molar-refractivity contribution in [3.8, 4) is 0 Å². The minimum Gasteiger partial charge on any atom is -0.478 e. The Balaban J connectivity index is 2.47. The number of nitrogens with zero attached hydrogens (tertiary/aromatic N) is 2. The van der Waals surface area contributed by atoms with Crippen molar-refractivity contribution in [1.82, 2.24) is 9.55 Å². The van der Waals surface area contributed by atoms with Gasteiger partial charge in [-0.1, -0.05) is 0 Å². The van der Waals surface area contributed by atoms with E-state index in [2.05, 4.69) is 10.3 Å². The molecule has 0 saturated heterocycles. The van der Waals surface area contributed by atoms with Gasteiger partial charge in [0.2, 0.25) is 5.91 Å². The summed E-state index contributed by atoms with van der Waals surface area (Å²) in [7, 11) is 3.12. The lowest BCUT2D eigenvalue weighted by molar-refractivity contribution is -0.119. The van der Waals surface area contributed by atoms with E-state index < -0.39 is 5.97 Å². The maximum absolute atomic E-state index is 11.4. The molecule has 0 bridgehead atoms. The van der Waals surface area contributed by atoms with Crippen LogP contribution in [-0.2, 0) is 16.6 Å². The van der Waals surface area contributed by atoms with Gasteiger partial charge in [-0.05, 0) is 12.1 Å². The number of carboxylic acid groups (broad SMARTS) is 1. The summed E-state index contributed by atoms with van der Waals surface area (Å²) >= 11 is 0. The van der Waals surface area contributed by atoms with E-state index in [4.69, 9.17) is 4.74 Å². The zero-order chi connectivity index (χ0) is 14.0. The minimum absolute atomic E-state index is 0.0882. The lowest BCUT2D eigenvalue weighted by Gasteiger charge is -2.07. The molecule has 1 heterocycles. The number of aryl methyl sites for hydroxylation is 1. The number of carbonyl (C=O) groups excluding carboxylic acids is 1. The highest BCUT2D eigenvalue weighted by Crippen LogP contribution is 2.23. The molecule has 1 aromatic carbocycles. The number of hydrogen-bond donors (Lipinski definition) is 2. The third-order valence-electron chi connectivity index (χ3n) is 2.60. The number of benzene rings is 1. The SMILES string of the molecule is COCC(=O)Nc1cc(C(=O)O)c2c(c1)ncn2C. The standard InChI is InChI=1S/C12H13N3O4/c1-15-6-13-9-4-7(14-10(16)5-19-2)3-8(11(9)15)12(17)18/h3-4,6H,5H2,1-2H3,(H,14,16)(H,17,18). The molecule has 7 nitrogen and oxygen atoms in total. The van der Waals surface area contributed by atoms with E-state index >= 15 is 0 Å². The van der Waals surface area contributed by atoms with Gasteiger partial charge in [0.1, 0.15) is 6.61 Å². The van der Waals surface area contributed by atoms with Crippen LogP contribution in [0.15, 0.2) is 18.5 Å². The van der Waals surface area contributed by atoms with Crippen LogP contribution in [0.1, 0.15) is 10.4 Å². The molecule has 7 heteroatoms. The van der Waals surface area contributed by atoms with Crippen LogP contribution in [0, 0.1) is 0 Å². The van der Waals surface area contributed by atoms with Crippen molar-refractivity contribution in [2.24, 2.45) is 7.05 Å². The first-order valence-corrected chi connectivity index (χ1v) is 5.50. The Hall–Kier alpha value is -2.41. The van der Waals surface area contributed by atoms with Gasteiger partial charge in [-0.2, -0.15) is 0 Å². The number of imidazole rings is 1. The molecule has 2 aromatic rings. The van der Waals surface area contributed by atoms with Crippen molar-refractivity contribution in [2.45, 2.75) is 0 Å². The number of anilines is 1. The number of fused-ring (bicyclic) bond motifs is 1. The van der Waals surface area contributed by atoms with Gasteiger partial charge in [-0.3, -0.25) is 4.79 Å². The van der Waals surface area contributed by atoms with Crippen molar-refractivity contribution < 1.29 is 19.4 Å². The second-order valence-corrected chi connectivity index (χ2v) is 4.03. The molecule has 0 unspecified atom stereocenters. The van der Waals surface area contributed by atoms with Gasteiger partial charge < -0.3 is 19.7 Å². The Labute approximate surface area is 108 Å². The highest BCUT2D eigenvalue weighted by Gasteiger charge is 2.15. The fourth-order valence-corrected chi connectivity index (χ4v) is 1.86. The summed E-state index contributed by atoms with van der Waals surface area (Å²) in [5, 5.41) is 11.8. The zero-order valence-corrected chi connectivity index (χ0v) is 10.5. The molecule has 0 atom stereocenters. The first kappa shape index (κ1) is 13.0. The van der Waals surface area contributed by atoms with Crippen molar-refractivity contribution in [2.75, 3.05) is 19.0 Å². The first-order valence-electron chi connectivity index (χ1n) is 5.50. The van der Waals surface area contributed by atoms with E-state index in [0.717, 1.165) is 0 Å². The van der Waals surface area contributed by atoms with Gasteiger partial charge in [0.15, 0.2) is 0 Å². The number of amides is 1. The Morgan fingerprint density at radius 2 is 2.21 bits per heavy atom. The summed E-state index contributed by atoms with van der Waals surface area (Å²) < 4.78 is 6.32. The van der Waals surface area contributed by atoms with Crippen molar-refractivity contribution in [3.05, 3.63) is 24.0 Å². The molecule has 1 aromatic heterocycles. The Bertz CT molecular complexity index is 648. The summed E-state index contributed by atoms with van der Waals surface area (Å²) in [6.45, 7) is -0.0946. The molecule has 1 amide bonds. The number of nitrogens with one attached hydrogen (secondary N) is 1. The number of carbonyl (C=O) groups is 2. The van der Waals surface area contributed by atoms with Gasteiger partial charge in [-0.25, -0.2) is 9.78 Å². The normalized spacial score (nSPS) is 10.6. The van der Waals surface area contributed by atoms with Gasteiger partial charge in [0.25, 0.3) is 0 Å². The second kappa shape index (κ2) is 5.07. The second-order valence-electron chi connectivity index (χ2n) is 4.03. The number of ether oxygens (including phenoxy) is 1. The molecule has 0 aliphatic rings. The van der Waals surface area contributed by atoms with Crippen molar-refractivity contribution in [3.63, 3.8) is 0 Å². The molecular weight excluding hydrogens is 250 g/mol. The molecular formula is C12H13N3O4. The van der Waals surface area contributed by atoms with E-state index in [1.165, 1.54) is 19.5 Å². The Morgan fingerprint density at radius 3 is 2.84 bits per heavy atom. The van der Waals surface area contributed by atoms with Crippen LogP contribution in [0.5, 0.6) is 0 Å². The third kappa shape index (κ3) is 2.55. The van der Waals surface area contributed by atoms with Crippen LogP contribution in [0.25, 0.3) is 11.0 Å². The maximum atomic E-state index is 11.4. The highest BCUT2D eigenvalue weighted by atomic mass is 16.5. The zero-order valence-electron chi connectivity index (χ0n) is 10.5. The van der Waals surface area contributed by atoms with Crippen molar-refractivity contribution in [1.29, 1.82) is 0 Å². The topological polar surface area (TPSA) is 93.4 Å². The molecule has 2 rings (SSSR count). The van der Waals surface area contributed by atoms with Gasteiger partial charge >= 0.3 is 5.97 Å². The van der Waals surface area contributed by atoms with E-state index in [1.807, 2.05) is 0 Å². The van der Waals surface area contributed by atoms with E-state index in [9.17, 15) is 14.7 Å². The lowest BCUT2D eigenvalue weighted by atomic mass is 10.1. The number of aromatic carboxylic acids is 1. The van der Waals surface area contributed by atoms with E-state index in [1.54, 1.807) is 17.7 Å². The summed E-state index contributed by atoms with van der Waals surface area (Å²) in [5.74, 6) is -1.43. The molecule has 0 aliphatic carbocycles. The van der Waals surface area contributed by atoms with E-state index in [0.29, 0.717) is 16.7 Å². The molecule has 0 saturated carbocycles. The van der Waals surface area contributed by atoms with Crippen LogP contribution < -0.4 is 5.32 Å². The number of methoxy groups -OCH3 is 1. The fourth-order valence-electron chi connectivity index (χ4n) is 1.86. The number of carboxylic acids is 1. The molecule has 0 fully saturated rings. The third-order valence-corrected chi connectivity index (χ3v) is 2.60. The number of hydrogen-bond acceptors (Lipinski definition) is 4. The van der Waals surface area contributed by atoms with Crippen LogP contribution in [0.2, 0.25) is 0 Å². The number of aromatic nitrogens is 2. The summed E-state index contributed by atoms with van der Waals surface area (Å²) in [4.78, 5) is 26.8. The summed E-state index contributed by atoms with van der Waals surface area (Å²) in [6.07, 6.45) is 1.53. The Morgan fingerprint density at radius 1 is 1.47 bits per heavy atom. The minimum atomic E-state index is -1.07. The smallest absolute Gasteiger partial charge is 0.337 e. The summed E-state index contributed by atoms with van der Waals surface area (Å²) in [5.41, 5.74) is 1.49. The van der Waals surface area contributed by atoms with Gasteiger partial charge in [-0.15, -0.1) is 0 Å². The average molecular weight is 263 g/mol. The van der Waals surface area contributed by atoms with E-state index in [-0.39, 0.29) is 18.1 Å². The molecule has 2 N–H and O–H groups in total. The quantitative estimate of drug-likeness (QED) is 0.853. The predicted molar refractivity (Wildman–Crippen MR) is 68.2 cm³/mol. The molecule has 19 heavy (non-hydrogen) atoms. The van der Waals surface area contributed by atoms with Crippen LogP contribution in [0.3, 0.4) is 0 Å². The predicted octanol–water partition coefficient (Wildman–Crippen LogP) is 0.856. The number of rotatable bonds is 4. The van der Waals surface area contributed by atoms with Crippen molar-refractivity contribution >= 4 is 28.6 Å². The fraction of sp³-hybridized carbons (Fsp3) is 0.250. The molecule has 100 valence electrons. The average Bonchev–Trinajstić information content (AvgIpc) is 2.70. The van der Waals surface area contributed by atoms with Crippen LogP contribution in [-0.4, -0.2) is 40.3 Å². The highest BCUT2D eigenvalue weighted by molar-refractivity contribution is 6.04. The van der Waals surface area contributed by atoms with Crippen LogP contribution >= 0.6 is 0 Å². The van der Waals surface area contributed by atoms with Gasteiger partial charge in [0.05, 0.1) is 22.9 Å². The molecule has 0 radical (unpaired) electrons. The summed E-state index contributed by atoms with van der Waals surface area (Å²) in [6, 6.07) is 3.02. The molecule has 0 spiro atoms.